The SMILES string of the molecule is Cc1ccc(SCc2ccc3c(c2)CC(O)(O)C3)cc1. The van der Waals surface area contributed by atoms with Gasteiger partial charge in [-0.05, 0) is 35.7 Å². The number of aliphatic hydroxyl groups is 2. The summed E-state index contributed by atoms with van der Waals surface area (Å²) < 4.78 is 0. The molecule has 0 saturated carbocycles. The Morgan fingerprint density at radius 2 is 1.70 bits per heavy atom. The lowest BCUT2D eigenvalue weighted by Crippen LogP contribution is -2.27. The fourth-order valence-corrected chi connectivity index (χ4v) is 3.42. The molecule has 0 saturated heterocycles. The first kappa shape index (κ1) is 13.7. The molecular formula is C17H18O2S. The zero-order valence-corrected chi connectivity index (χ0v) is 12.3. The molecule has 3 rings (SSSR count). The maximum absolute atomic E-state index is 9.69. The predicted octanol–water partition coefficient (Wildman–Crippen LogP) is 3.07. The van der Waals surface area contributed by atoms with Crippen LogP contribution in [0.1, 0.15) is 22.3 Å². The van der Waals surface area contributed by atoms with Crippen LogP contribution in [0.2, 0.25) is 0 Å². The largest absolute Gasteiger partial charge is 0.365 e. The summed E-state index contributed by atoms with van der Waals surface area (Å²) in [4.78, 5) is 1.26. The van der Waals surface area contributed by atoms with E-state index < -0.39 is 5.79 Å². The second kappa shape index (κ2) is 5.24. The van der Waals surface area contributed by atoms with Crippen LogP contribution in [0.4, 0.5) is 0 Å². The molecule has 0 unspecified atom stereocenters. The van der Waals surface area contributed by atoms with Crippen LogP contribution in [-0.2, 0) is 18.6 Å². The third kappa shape index (κ3) is 3.06. The molecule has 0 radical (unpaired) electrons. The molecule has 0 aromatic heterocycles. The maximum Gasteiger partial charge on any atom is 0.170 e. The van der Waals surface area contributed by atoms with E-state index in [2.05, 4.69) is 43.3 Å². The summed E-state index contributed by atoms with van der Waals surface area (Å²) in [5, 5.41) is 19.4. The molecule has 104 valence electrons. The van der Waals surface area contributed by atoms with E-state index in [4.69, 9.17) is 0 Å². The predicted molar refractivity (Wildman–Crippen MR) is 81.8 cm³/mol. The lowest BCUT2D eigenvalue weighted by atomic mass is 10.1. The Hall–Kier alpha value is -1.29. The van der Waals surface area contributed by atoms with Gasteiger partial charge in [-0.25, -0.2) is 0 Å². The minimum absolute atomic E-state index is 0.339. The van der Waals surface area contributed by atoms with Gasteiger partial charge in [-0.2, -0.15) is 0 Å². The molecule has 20 heavy (non-hydrogen) atoms. The van der Waals surface area contributed by atoms with Crippen molar-refractivity contribution in [3.63, 3.8) is 0 Å². The van der Waals surface area contributed by atoms with Gasteiger partial charge in [-0.3, -0.25) is 0 Å². The van der Waals surface area contributed by atoms with E-state index in [1.54, 1.807) is 11.8 Å². The summed E-state index contributed by atoms with van der Waals surface area (Å²) in [7, 11) is 0. The summed E-state index contributed by atoms with van der Waals surface area (Å²) in [6.45, 7) is 2.09. The van der Waals surface area contributed by atoms with Gasteiger partial charge >= 0.3 is 0 Å². The van der Waals surface area contributed by atoms with E-state index in [9.17, 15) is 10.2 Å². The van der Waals surface area contributed by atoms with Crippen molar-refractivity contribution in [2.45, 2.75) is 36.2 Å². The highest BCUT2D eigenvalue weighted by Gasteiger charge is 2.32. The first-order valence-electron chi connectivity index (χ1n) is 6.77. The summed E-state index contributed by atoms with van der Waals surface area (Å²) >= 11 is 1.80. The molecule has 0 heterocycles. The highest BCUT2D eigenvalue weighted by molar-refractivity contribution is 7.98. The molecule has 2 N–H and O–H groups in total. The number of hydrogen-bond acceptors (Lipinski definition) is 3. The second-order valence-electron chi connectivity index (χ2n) is 5.54. The van der Waals surface area contributed by atoms with Gasteiger partial charge in [0.1, 0.15) is 0 Å². The van der Waals surface area contributed by atoms with Crippen molar-refractivity contribution in [1.82, 2.24) is 0 Å². The van der Waals surface area contributed by atoms with Gasteiger partial charge in [0.05, 0.1) is 0 Å². The Morgan fingerprint density at radius 1 is 1.00 bits per heavy atom. The molecule has 0 aliphatic heterocycles. The van der Waals surface area contributed by atoms with Gasteiger partial charge in [0.25, 0.3) is 0 Å². The number of aryl methyl sites for hydroxylation is 1. The highest BCUT2D eigenvalue weighted by atomic mass is 32.2. The maximum atomic E-state index is 9.69. The summed E-state index contributed by atoms with van der Waals surface area (Å²) in [6, 6.07) is 14.7. The fraction of sp³-hybridized carbons (Fsp3) is 0.294. The number of thioether (sulfide) groups is 1. The lowest BCUT2D eigenvalue weighted by molar-refractivity contribution is -0.150. The van der Waals surface area contributed by atoms with Crippen LogP contribution >= 0.6 is 11.8 Å². The number of fused-ring (bicyclic) bond motifs is 1. The van der Waals surface area contributed by atoms with Crippen LogP contribution in [-0.4, -0.2) is 16.0 Å². The average molecular weight is 286 g/mol. The number of rotatable bonds is 3. The number of hydrogen-bond donors (Lipinski definition) is 2. The Morgan fingerprint density at radius 3 is 2.45 bits per heavy atom. The summed E-state index contributed by atoms with van der Waals surface area (Å²) in [5.41, 5.74) is 4.62. The fourth-order valence-electron chi connectivity index (χ4n) is 2.58. The van der Waals surface area contributed by atoms with Crippen LogP contribution in [0.25, 0.3) is 0 Å². The molecule has 1 aliphatic carbocycles. The van der Waals surface area contributed by atoms with Crippen molar-refractivity contribution < 1.29 is 10.2 Å². The van der Waals surface area contributed by atoms with E-state index in [1.165, 1.54) is 16.0 Å². The highest BCUT2D eigenvalue weighted by Crippen LogP contribution is 2.31. The van der Waals surface area contributed by atoms with Crippen LogP contribution in [0.3, 0.4) is 0 Å². The van der Waals surface area contributed by atoms with Gasteiger partial charge in [0.15, 0.2) is 5.79 Å². The van der Waals surface area contributed by atoms with E-state index in [1.807, 2.05) is 6.07 Å². The van der Waals surface area contributed by atoms with Crippen molar-refractivity contribution in [2.75, 3.05) is 0 Å². The minimum Gasteiger partial charge on any atom is -0.365 e. The molecule has 3 heteroatoms. The Balaban J connectivity index is 1.69. The third-order valence-electron chi connectivity index (χ3n) is 3.64. The first-order chi connectivity index (χ1) is 9.52. The average Bonchev–Trinajstić information content (AvgIpc) is 2.71. The van der Waals surface area contributed by atoms with E-state index in [0.29, 0.717) is 12.8 Å². The smallest absolute Gasteiger partial charge is 0.170 e. The van der Waals surface area contributed by atoms with E-state index in [-0.39, 0.29) is 0 Å². The molecule has 2 nitrogen and oxygen atoms in total. The van der Waals surface area contributed by atoms with Crippen LogP contribution in [0.15, 0.2) is 47.4 Å². The molecule has 1 aliphatic rings. The quantitative estimate of drug-likeness (QED) is 0.673. The first-order valence-corrected chi connectivity index (χ1v) is 7.75. The molecule has 0 amide bonds. The van der Waals surface area contributed by atoms with Crippen molar-refractivity contribution in [3.8, 4) is 0 Å². The minimum atomic E-state index is -1.55. The molecule has 0 fully saturated rings. The van der Waals surface area contributed by atoms with E-state index >= 15 is 0 Å². The monoisotopic (exact) mass is 286 g/mol. The molecule has 0 spiro atoms. The van der Waals surface area contributed by atoms with Crippen molar-refractivity contribution >= 4 is 11.8 Å². The van der Waals surface area contributed by atoms with Crippen LogP contribution in [0.5, 0.6) is 0 Å². The zero-order chi connectivity index (χ0) is 14.2. The van der Waals surface area contributed by atoms with Crippen molar-refractivity contribution in [1.29, 1.82) is 0 Å². The molecule has 2 aromatic carbocycles. The Bertz CT molecular complexity index is 617. The van der Waals surface area contributed by atoms with Gasteiger partial charge < -0.3 is 10.2 Å². The van der Waals surface area contributed by atoms with Gasteiger partial charge in [0, 0.05) is 23.5 Å². The van der Waals surface area contributed by atoms with E-state index in [0.717, 1.165) is 16.9 Å². The zero-order valence-electron chi connectivity index (χ0n) is 11.5. The van der Waals surface area contributed by atoms with Gasteiger partial charge in [-0.1, -0.05) is 35.9 Å². The molecular weight excluding hydrogens is 268 g/mol. The third-order valence-corrected chi connectivity index (χ3v) is 4.73. The molecule has 0 atom stereocenters. The lowest BCUT2D eigenvalue weighted by Gasteiger charge is -2.12. The summed E-state index contributed by atoms with van der Waals surface area (Å²) in [5.74, 6) is -0.648. The topological polar surface area (TPSA) is 40.5 Å². The normalized spacial score (nSPS) is 16.1. The molecule has 0 bridgehead atoms. The second-order valence-corrected chi connectivity index (χ2v) is 6.59. The van der Waals surface area contributed by atoms with Crippen molar-refractivity contribution in [2.24, 2.45) is 0 Å². The molecule has 2 aromatic rings. The van der Waals surface area contributed by atoms with Crippen molar-refractivity contribution in [3.05, 3.63) is 64.7 Å². The number of benzene rings is 2. The van der Waals surface area contributed by atoms with Gasteiger partial charge in [-0.15, -0.1) is 11.8 Å². The standard InChI is InChI=1S/C17H18O2S/c1-12-2-6-16(7-3-12)20-11-13-4-5-14-9-17(18,19)10-15(14)8-13/h2-8,18-19H,9-11H2,1H3. The Kier molecular flexibility index (Phi) is 3.59. The van der Waals surface area contributed by atoms with Crippen LogP contribution < -0.4 is 0 Å². The summed E-state index contributed by atoms with van der Waals surface area (Å²) in [6.07, 6.45) is 0.680. The van der Waals surface area contributed by atoms with Gasteiger partial charge in [0.2, 0.25) is 0 Å². The van der Waals surface area contributed by atoms with Crippen LogP contribution in [0, 0.1) is 6.92 Å². The Labute approximate surface area is 123 Å².